The predicted octanol–water partition coefficient (Wildman–Crippen LogP) is 4.13. The number of aryl methyl sites for hydroxylation is 1. The fourth-order valence-electron chi connectivity index (χ4n) is 2.95. The van der Waals surface area contributed by atoms with Gasteiger partial charge in [-0.05, 0) is 49.1 Å². The first-order chi connectivity index (χ1) is 11.2. The third-order valence-electron chi connectivity index (χ3n) is 4.23. The largest absolute Gasteiger partial charge is 0.479 e. The first-order valence-electron chi connectivity index (χ1n) is 7.89. The minimum Gasteiger partial charge on any atom is -0.479 e. The summed E-state index contributed by atoms with van der Waals surface area (Å²) in [5.41, 5.74) is 0.359. The number of carboxylic acid groups (broad SMARTS) is 1. The second kappa shape index (κ2) is 6.42. The molecule has 0 spiro atoms. The second-order valence-electron chi connectivity index (χ2n) is 5.68. The zero-order valence-corrected chi connectivity index (χ0v) is 13.1. The number of benzene rings is 2. The summed E-state index contributed by atoms with van der Waals surface area (Å²) < 4.78 is 11.6. The van der Waals surface area contributed by atoms with Crippen LogP contribution in [0.2, 0.25) is 0 Å². The Bertz CT molecular complexity index is 688. The smallest absolute Gasteiger partial charge is 0.340 e. The second-order valence-corrected chi connectivity index (χ2v) is 5.68. The maximum absolute atomic E-state index is 11.9. The first kappa shape index (κ1) is 15.6. The molecule has 1 fully saturated rings. The van der Waals surface area contributed by atoms with Gasteiger partial charge in [0.25, 0.3) is 0 Å². The molecule has 4 nitrogen and oxygen atoms in total. The molecule has 3 rings (SSSR count). The van der Waals surface area contributed by atoms with E-state index < -0.39 is 11.6 Å². The molecule has 0 bridgehead atoms. The number of carbonyl (C=O) groups is 1. The number of hydrogen-bond donors (Lipinski definition) is 1. The van der Waals surface area contributed by atoms with Crippen LogP contribution in [0.4, 0.5) is 0 Å². The summed E-state index contributed by atoms with van der Waals surface area (Å²) in [5, 5.41) is 9.79. The quantitative estimate of drug-likeness (QED) is 0.902. The van der Waals surface area contributed by atoms with Gasteiger partial charge in [0.2, 0.25) is 0 Å². The minimum absolute atomic E-state index is 0.452. The summed E-state index contributed by atoms with van der Waals surface area (Å²) in [6, 6.07) is 15.1. The van der Waals surface area contributed by atoms with Gasteiger partial charge in [-0.25, -0.2) is 4.79 Å². The van der Waals surface area contributed by atoms with Gasteiger partial charge in [0, 0.05) is 12.2 Å². The van der Waals surface area contributed by atoms with Crippen molar-refractivity contribution in [2.75, 3.05) is 6.61 Å². The van der Waals surface area contributed by atoms with Crippen LogP contribution >= 0.6 is 0 Å². The van der Waals surface area contributed by atoms with Crippen LogP contribution in [0.25, 0.3) is 0 Å². The van der Waals surface area contributed by atoms with Gasteiger partial charge in [-0.15, -0.1) is 0 Å². The van der Waals surface area contributed by atoms with Crippen molar-refractivity contribution in [1.29, 1.82) is 0 Å². The van der Waals surface area contributed by atoms with E-state index in [1.54, 1.807) is 0 Å². The number of para-hydroxylation sites is 1. The van der Waals surface area contributed by atoms with E-state index in [2.05, 4.69) is 0 Å². The van der Waals surface area contributed by atoms with Crippen molar-refractivity contribution >= 4 is 5.97 Å². The Balaban J connectivity index is 2.07. The molecule has 1 aliphatic heterocycles. The van der Waals surface area contributed by atoms with Gasteiger partial charge in [-0.3, -0.25) is 0 Å². The van der Waals surface area contributed by atoms with Crippen LogP contribution in [0.3, 0.4) is 0 Å². The molecule has 0 amide bonds. The van der Waals surface area contributed by atoms with E-state index in [4.69, 9.17) is 9.47 Å². The molecular formula is C19H20O4. The lowest BCUT2D eigenvalue weighted by molar-refractivity contribution is -0.161. The molecule has 0 radical (unpaired) electrons. The number of ether oxygens (including phenoxy) is 2. The molecule has 23 heavy (non-hydrogen) atoms. The Labute approximate surface area is 135 Å². The van der Waals surface area contributed by atoms with Crippen LogP contribution in [-0.2, 0) is 21.6 Å². The Morgan fingerprint density at radius 3 is 2.65 bits per heavy atom. The number of carboxylic acids is 1. The van der Waals surface area contributed by atoms with E-state index in [1.165, 1.54) is 0 Å². The normalized spacial score (nSPS) is 20.4. The molecule has 1 N–H and O–H groups in total. The van der Waals surface area contributed by atoms with Crippen LogP contribution in [0.15, 0.2) is 48.5 Å². The molecule has 1 atom stereocenters. The predicted molar refractivity (Wildman–Crippen MR) is 86.8 cm³/mol. The fraction of sp³-hybridized carbons (Fsp3) is 0.316. The van der Waals surface area contributed by atoms with E-state index in [9.17, 15) is 9.90 Å². The fourth-order valence-corrected chi connectivity index (χ4v) is 2.95. The van der Waals surface area contributed by atoms with Gasteiger partial charge < -0.3 is 14.6 Å². The van der Waals surface area contributed by atoms with Gasteiger partial charge in [-0.2, -0.15) is 0 Å². The van der Waals surface area contributed by atoms with E-state index >= 15 is 0 Å². The molecule has 1 heterocycles. The summed E-state index contributed by atoms with van der Waals surface area (Å²) in [6.45, 7) is 2.49. The molecule has 120 valence electrons. The highest BCUT2D eigenvalue weighted by Crippen LogP contribution is 2.42. The van der Waals surface area contributed by atoms with Crippen LogP contribution in [0.1, 0.15) is 30.9 Å². The lowest BCUT2D eigenvalue weighted by atomic mass is 9.88. The van der Waals surface area contributed by atoms with Crippen molar-refractivity contribution in [2.45, 2.75) is 31.8 Å². The van der Waals surface area contributed by atoms with Crippen molar-refractivity contribution in [3.63, 3.8) is 0 Å². The summed E-state index contributed by atoms with van der Waals surface area (Å²) in [6.07, 6.45) is 2.02. The SMILES string of the molecule is CCc1ccc(Oc2ccccc2)c(C2(C(=O)O)CCCO2)c1. The first-order valence-corrected chi connectivity index (χ1v) is 7.89. The number of aliphatic carboxylic acids is 1. The molecule has 0 saturated carbocycles. The summed E-state index contributed by atoms with van der Waals surface area (Å²) >= 11 is 0. The standard InChI is InChI=1S/C19H20O4/c1-2-14-9-10-17(23-15-7-4-3-5-8-15)16(13-14)19(18(20)21)11-6-12-22-19/h3-5,7-10,13H,2,6,11-12H2,1H3,(H,20,21). The average Bonchev–Trinajstić information content (AvgIpc) is 3.07. The molecule has 1 unspecified atom stereocenters. The van der Waals surface area contributed by atoms with E-state index in [0.717, 1.165) is 18.4 Å². The molecule has 1 aliphatic rings. The summed E-state index contributed by atoms with van der Waals surface area (Å²) in [4.78, 5) is 11.9. The van der Waals surface area contributed by atoms with Crippen molar-refractivity contribution in [3.8, 4) is 11.5 Å². The summed E-state index contributed by atoms with van der Waals surface area (Å²) in [7, 11) is 0. The van der Waals surface area contributed by atoms with Gasteiger partial charge in [0.05, 0.1) is 0 Å². The van der Waals surface area contributed by atoms with Crippen molar-refractivity contribution in [1.82, 2.24) is 0 Å². The van der Waals surface area contributed by atoms with Crippen LogP contribution < -0.4 is 4.74 Å². The Morgan fingerprint density at radius 2 is 2.04 bits per heavy atom. The van der Waals surface area contributed by atoms with Crippen molar-refractivity contribution in [3.05, 3.63) is 59.7 Å². The van der Waals surface area contributed by atoms with Crippen LogP contribution in [-0.4, -0.2) is 17.7 Å². The topological polar surface area (TPSA) is 55.8 Å². The Kier molecular flexibility index (Phi) is 4.35. The van der Waals surface area contributed by atoms with E-state index in [1.807, 2.05) is 55.5 Å². The van der Waals surface area contributed by atoms with Gasteiger partial charge in [-0.1, -0.05) is 31.2 Å². The van der Waals surface area contributed by atoms with Crippen LogP contribution in [0.5, 0.6) is 11.5 Å². The van der Waals surface area contributed by atoms with Gasteiger partial charge in [0.1, 0.15) is 11.5 Å². The lowest BCUT2D eigenvalue weighted by Crippen LogP contribution is -2.35. The van der Waals surface area contributed by atoms with Gasteiger partial charge in [0.15, 0.2) is 5.60 Å². The average molecular weight is 312 g/mol. The molecule has 1 saturated heterocycles. The van der Waals surface area contributed by atoms with Crippen LogP contribution in [0, 0.1) is 0 Å². The molecule has 0 aromatic heterocycles. The zero-order chi connectivity index (χ0) is 16.3. The zero-order valence-electron chi connectivity index (χ0n) is 13.1. The highest BCUT2D eigenvalue weighted by Gasteiger charge is 2.46. The third kappa shape index (κ3) is 2.94. The van der Waals surface area contributed by atoms with E-state index in [-0.39, 0.29) is 0 Å². The van der Waals surface area contributed by atoms with Crippen molar-refractivity contribution in [2.24, 2.45) is 0 Å². The van der Waals surface area contributed by atoms with Crippen molar-refractivity contribution < 1.29 is 19.4 Å². The maximum atomic E-state index is 11.9. The third-order valence-corrected chi connectivity index (χ3v) is 4.23. The highest BCUT2D eigenvalue weighted by molar-refractivity contribution is 5.81. The molecule has 2 aromatic carbocycles. The Hall–Kier alpha value is -2.33. The Morgan fingerprint density at radius 1 is 1.26 bits per heavy atom. The van der Waals surface area contributed by atoms with E-state index in [0.29, 0.717) is 30.1 Å². The molecule has 0 aliphatic carbocycles. The number of hydrogen-bond acceptors (Lipinski definition) is 3. The monoisotopic (exact) mass is 312 g/mol. The minimum atomic E-state index is -1.31. The maximum Gasteiger partial charge on any atom is 0.340 e. The molecular weight excluding hydrogens is 292 g/mol. The van der Waals surface area contributed by atoms with Gasteiger partial charge >= 0.3 is 5.97 Å². The molecule has 4 heteroatoms. The molecule has 2 aromatic rings. The lowest BCUT2D eigenvalue weighted by Gasteiger charge is -2.26. The summed E-state index contributed by atoms with van der Waals surface area (Å²) in [5.74, 6) is 0.260. The number of rotatable bonds is 5. The highest BCUT2D eigenvalue weighted by atomic mass is 16.5.